The van der Waals surface area contributed by atoms with Gasteiger partial charge in [0.25, 0.3) is 0 Å². The van der Waals surface area contributed by atoms with Crippen molar-refractivity contribution >= 4 is 22.8 Å². The maximum Gasteiger partial charge on any atom is 0.233 e. The molecule has 7 heteroatoms. The summed E-state index contributed by atoms with van der Waals surface area (Å²) >= 11 is 1.67. The summed E-state index contributed by atoms with van der Waals surface area (Å²) in [5.41, 5.74) is 0.741. The van der Waals surface area contributed by atoms with Gasteiger partial charge in [-0.2, -0.15) is 5.10 Å². The van der Waals surface area contributed by atoms with E-state index in [1.54, 1.807) is 35.0 Å². The molecule has 0 N–H and O–H groups in total. The van der Waals surface area contributed by atoms with Crippen LogP contribution in [0.4, 0.5) is 0 Å². The number of rotatable bonds is 4. The molecule has 4 aromatic rings. The highest BCUT2D eigenvalue weighted by Gasteiger charge is 2.09. The molecule has 0 spiro atoms. The first-order valence-electron chi connectivity index (χ1n) is 7.28. The number of benzene rings is 1. The standard InChI is InChI=1S/C17H13N5OS/c1-22-16-15(10-21-22)17(20-11-19-16)23-12-2-4-13(5-3-12)24-14-6-8-18-9-7-14/h2-11H,1H3. The van der Waals surface area contributed by atoms with Crippen molar-refractivity contribution in [2.45, 2.75) is 9.79 Å². The lowest BCUT2D eigenvalue weighted by atomic mass is 10.3. The lowest BCUT2D eigenvalue weighted by Gasteiger charge is -2.06. The number of aromatic nitrogens is 5. The molecule has 24 heavy (non-hydrogen) atoms. The minimum Gasteiger partial charge on any atom is -0.438 e. The normalized spacial score (nSPS) is 10.9. The van der Waals surface area contributed by atoms with Gasteiger partial charge in [0.05, 0.1) is 6.20 Å². The van der Waals surface area contributed by atoms with Crippen molar-refractivity contribution in [2.75, 3.05) is 0 Å². The third-order valence-corrected chi connectivity index (χ3v) is 4.43. The molecular weight excluding hydrogens is 322 g/mol. The summed E-state index contributed by atoms with van der Waals surface area (Å²) in [6.07, 6.45) is 6.76. The summed E-state index contributed by atoms with van der Waals surface area (Å²) in [4.78, 5) is 14.7. The Morgan fingerprint density at radius 2 is 1.71 bits per heavy atom. The molecule has 0 saturated heterocycles. The van der Waals surface area contributed by atoms with Crippen LogP contribution in [-0.2, 0) is 7.05 Å². The maximum absolute atomic E-state index is 5.89. The van der Waals surface area contributed by atoms with Crippen molar-refractivity contribution in [1.29, 1.82) is 0 Å². The number of ether oxygens (including phenoxy) is 1. The molecule has 3 heterocycles. The van der Waals surface area contributed by atoms with Gasteiger partial charge in [0, 0.05) is 29.2 Å². The van der Waals surface area contributed by atoms with E-state index in [2.05, 4.69) is 20.1 Å². The molecule has 0 radical (unpaired) electrons. The Labute approximate surface area is 142 Å². The second-order valence-corrected chi connectivity index (χ2v) is 6.19. The first-order valence-corrected chi connectivity index (χ1v) is 8.10. The Morgan fingerprint density at radius 3 is 2.50 bits per heavy atom. The van der Waals surface area contributed by atoms with Crippen LogP contribution < -0.4 is 4.74 Å². The van der Waals surface area contributed by atoms with Gasteiger partial charge in [-0.1, -0.05) is 11.8 Å². The molecule has 4 rings (SSSR count). The van der Waals surface area contributed by atoms with E-state index >= 15 is 0 Å². The first-order chi connectivity index (χ1) is 11.8. The van der Waals surface area contributed by atoms with Crippen molar-refractivity contribution in [3.8, 4) is 11.6 Å². The second kappa shape index (κ2) is 6.29. The predicted octanol–water partition coefficient (Wildman–Crippen LogP) is 3.70. The van der Waals surface area contributed by atoms with Gasteiger partial charge in [0.1, 0.15) is 17.5 Å². The lowest BCUT2D eigenvalue weighted by molar-refractivity contribution is 0.467. The summed E-state index contributed by atoms with van der Waals surface area (Å²) < 4.78 is 7.58. The van der Waals surface area contributed by atoms with Gasteiger partial charge < -0.3 is 4.74 Å². The number of aryl methyl sites for hydroxylation is 1. The van der Waals surface area contributed by atoms with E-state index in [4.69, 9.17) is 4.74 Å². The summed E-state index contributed by atoms with van der Waals surface area (Å²) in [6, 6.07) is 11.8. The molecular formula is C17H13N5OS. The first kappa shape index (κ1) is 14.6. The third-order valence-electron chi connectivity index (χ3n) is 3.42. The highest BCUT2D eigenvalue weighted by atomic mass is 32.2. The third kappa shape index (κ3) is 2.93. The summed E-state index contributed by atoms with van der Waals surface area (Å²) in [7, 11) is 1.84. The van der Waals surface area contributed by atoms with Gasteiger partial charge >= 0.3 is 0 Å². The molecule has 0 atom stereocenters. The van der Waals surface area contributed by atoms with E-state index in [-0.39, 0.29) is 0 Å². The SMILES string of the molecule is Cn1ncc2c(Oc3ccc(Sc4ccncc4)cc3)ncnc21. The zero-order valence-corrected chi connectivity index (χ0v) is 13.6. The lowest BCUT2D eigenvalue weighted by Crippen LogP contribution is -1.94. The minimum absolute atomic E-state index is 0.502. The topological polar surface area (TPSA) is 65.7 Å². The van der Waals surface area contributed by atoms with Gasteiger partial charge in [-0.25, -0.2) is 9.97 Å². The molecule has 0 unspecified atom stereocenters. The van der Waals surface area contributed by atoms with Crippen LogP contribution in [0.1, 0.15) is 0 Å². The highest BCUT2D eigenvalue weighted by Crippen LogP contribution is 2.30. The number of fused-ring (bicyclic) bond motifs is 1. The van der Waals surface area contributed by atoms with Gasteiger partial charge in [-0.05, 0) is 36.4 Å². The molecule has 0 saturated carbocycles. The smallest absolute Gasteiger partial charge is 0.233 e. The fraction of sp³-hybridized carbons (Fsp3) is 0.0588. The summed E-state index contributed by atoms with van der Waals surface area (Å²) in [5, 5.41) is 4.97. The van der Waals surface area contributed by atoms with Crippen LogP contribution in [0, 0.1) is 0 Å². The van der Waals surface area contributed by atoms with Crippen molar-refractivity contribution in [2.24, 2.45) is 7.05 Å². The maximum atomic E-state index is 5.89. The summed E-state index contributed by atoms with van der Waals surface area (Å²) in [5.74, 6) is 1.22. The fourth-order valence-corrected chi connectivity index (χ4v) is 3.05. The monoisotopic (exact) mass is 335 g/mol. The quantitative estimate of drug-likeness (QED) is 0.566. The van der Waals surface area contributed by atoms with Gasteiger partial charge in [0.15, 0.2) is 5.65 Å². The molecule has 0 amide bonds. The van der Waals surface area contributed by atoms with E-state index in [0.717, 1.165) is 26.6 Å². The molecule has 3 aromatic heterocycles. The van der Waals surface area contributed by atoms with E-state index < -0.39 is 0 Å². The molecule has 0 aliphatic heterocycles. The zero-order valence-electron chi connectivity index (χ0n) is 12.8. The zero-order chi connectivity index (χ0) is 16.4. The largest absolute Gasteiger partial charge is 0.438 e. The van der Waals surface area contributed by atoms with Crippen LogP contribution >= 0.6 is 11.8 Å². The van der Waals surface area contributed by atoms with Crippen LogP contribution in [0.2, 0.25) is 0 Å². The minimum atomic E-state index is 0.502. The molecule has 0 fully saturated rings. The highest BCUT2D eigenvalue weighted by molar-refractivity contribution is 7.99. The Hall–Kier alpha value is -2.93. The van der Waals surface area contributed by atoms with Crippen molar-refractivity contribution < 1.29 is 4.74 Å². The Bertz CT molecular complexity index is 969. The van der Waals surface area contributed by atoms with Crippen LogP contribution in [0.25, 0.3) is 11.0 Å². The summed E-state index contributed by atoms with van der Waals surface area (Å²) in [6.45, 7) is 0. The predicted molar refractivity (Wildman–Crippen MR) is 91.2 cm³/mol. The van der Waals surface area contributed by atoms with Crippen molar-refractivity contribution in [3.63, 3.8) is 0 Å². The van der Waals surface area contributed by atoms with E-state index in [1.807, 2.05) is 43.4 Å². The average molecular weight is 335 g/mol. The Kier molecular flexibility index (Phi) is 3.84. The number of hydrogen-bond acceptors (Lipinski definition) is 6. The molecule has 0 bridgehead atoms. The van der Waals surface area contributed by atoms with Crippen molar-refractivity contribution in [1.82, 2.24) is 24.7 Å². The van der Waals surface area contributed by atoms with Crippen molar-refractivity contribution in [3.05, 3.63) is 61.3 Å². The van der Waals surface area contributed by atoms with Gasteiger partial charge in [-0.15, -0.1) is 0 Å². The van der Waals surface area contributed by atoms with Crippen LogP contribution in [0.5, 0.6) is 11.6 Å². The van der Waals surface area contributed by atoms with Gasteiger partial charge in [-0.3, -0.25) is 9.67 Å². The van der Waals surface area contributed by atoms with E-state index in [1.165, 1.54) is 6.33 Å². The van der Waals surface area contributed by atoms with E-state index in [0.29, 0.717) is 5.88 Å². The van der Waals surface area contributed by atoms with Crippen LogP contribution in [0.15, 0.2) is 71.1 Å². The Balaban J connectivity index is 1.55. The molecule has 1 aromatic carbocycles. The molecule has 118 valence electrons. The number of hydrogen-bond donors (Lipinski definition) is 0. The Morgan fingerprint density at radius 1 is 0.958 bits per heavy atom. The molecule has 0 aliphatic carbocycles. The second-order valence-electron chi connectivity index (χ2n) is 5.04. The van der Waals surface area contributed by atoms with Gasteiger partial charge in [0.2, 0.25) is 5.88 Å². The number of nitrogens with zero attached hydrogens (tertiary/aromatic N) is 5. The van der Waals surface area contributed by atoms with E-state index in [9.17, 15) is 0 Å². The van der Waals surface area contributed by atoms with Crippen LogP contribution in [-0.4, -0.2) is 24.7 Å². The number of pyridine rings is 1. The fourth-order valence-electron chi connectivity index (χ4n) is 2.25. The van der Waals surface area contributed by atoms with Crippen LogP contribution in [0.3, 0.4) is 0 Å². The average Bonchev–Trinajstić information content (AvgIpc) is 3.00. The molecule has 0 aliphatic rings. The molecule has 6 nitrogen and oxygen atoms in total.